The van der Waals surface area contributed by atoms with E-state index >= 15 is 0 Å². The summed E-state index contributed by atoms with van der Waals surface area (Å²) in [4.78, 5) is 27.8. The fraction of sp³-hybridized carbons (Fsp3) is 0.286. The molecule has 0 unspecified atom stereocenters. The molecule has 0 aliphatic carbocycles. The van der Waals surface area contributed by atoms with Crippen molar-refractivity contribution in [2.75, 3.05) is 13.1 Å². The monoisotopic (exact) mass is 508 g/mol. The summed E-state index contributed by atoms with van der Waals surface area (Å²) in [7, 11) is 0. The first-order valence-electron chi connectivity index (χ1n) is 12.1. The van der Waals surface area contributed by atoms with Crippen LogP contribution in [0.4, 0.5) is 13.2 Å². The van der Waals surface area contributed by atoms with E-state index in [1.54, 1.807) is 34.9 Å². The van der Waals surface area contributed by atoms with E-state index in [0.29, 0.717) is 19.6 Å². The molecule has 4 heterocycles. The molecule has 2 aromatic carbocycles. The number of alkyl halides is 3. The van der Waals surface area contributed by atoms with Crippen LogP contribution in [0.2, 0.25) is 0 Å². The van der Waals surface area contributed by atoms with Gasteiger partial charge in [-0.15, -0.1) is 0 Å². The van der Waals surface area contributed by atoms with E-state index in [9.17, 15) is 27.9 Å². The van der Waals surface area contributed by atoms with E-state index in [0.717, 1.165) is 12.1 Å². The molecule has 4 aromatic rings. The van der Waals surface area contributed by atoms with E-state index in [4.69, 9.17) is 4.42 Å². The molecule has 6 rings (SSSR count). The molecule has 9 heteroatoms. The van der Waals surface area contributed by atoms with Gasteiger partial charge in [0.05, 0.1) is 16.5 Å². The molecule has 2 aromatic heterocycles. The Hall–Kier alpha value is -3.85. The average molecular weight is 508 g/mol. The molecule has 190 valence electrons. The molecule has 0 saturated carbocycles. The second kappa shape index (κ2) is 8.62. The maximum atomic E-state index is 14.1. The van der Waals surface area contributed by atoms with E-state index < -0.39 is 22.9 Å². The number of halogens is 3. The molecular weight excluding hydrogens is 485 g/mol. The number of rotatable bonds is 3. The Labute approximate surface area is 209 Å². The lowest BCUT2D eigenvalue weighted by Crippen LogP contribution is -2.46. The average Bonchev–Trinajstić information content (AvgIpc) is 2.86. The van der Waals surface area contributed by atoms with Crippen molar-refractivity contribution in [3.63, 3.8) is 0 Å². The normalized spacial score (nSPS) is 19.6. The van der Waals surface area contributed by atoms with E-state index in [2.05, 4.69) is 0 Å². The van der Waals surface area contributed by atoms with Gasteiger partial charge in [-0.25, -0.2) is 0 Å². The third-order valence-electron chi connectivity index (χ3n) is 7.40. The molecule has 1 saturated heterocycles. The number of nitrogens with zero attached hydrogens (tertiary/aromatic N) is 2. The summed E-state index contributed by atoms with van der Waals surface area (Å²) in [5.74, 6) is -1.35. The topological polar surface area (TPSA) is 75.7 Å². The number of hydrogen-bond donors (Lipinski definition) is 1. The van der Waals surface area contributed by atoms with Gasteiger partial charge in [-0.2, -0.15) is 13.2 Å². The van der Waals surface area contributed by atoms with Crippen molar-refractivity contribution in [3.05, 3.63) is 98.3 Å². The minimum Gasteiger partial charge on any atom is -0.507 e. The second-order valence-electron chi connectivity index (χ2n) is 9.83. The molecule has 1 N–H and O–H groups in total. The summed E-state index contributed by atoms with van der Waals surface area (Å²) >= 11 is 0. The van der Waals surface area contributed by atoms with Gasteiger partial charge < -0.3 is 14.1 Å². The Bertz CT molecular complexity index is 1630. The number of hydrogen-bond acceptors (Lipinski definition) is 5. The van der Waals surface area contributed by atoms with Crippen LogP contribution in [0.5, 0.6) is 5.75 Å². The number of phenolic OH excluding ortho intramolecular Hbond substituents is 1. The summed E-state index contributed by atoms with van der Waals surface area (Å²) in [6.07, 6.45) is -4.00. The molecule has 0 radical (unpaired) electrons. The van der Waals surface area contributed by atoms with Crippen molar-refractivity contribution in [2.24, 2.45) is 5.92 Å². The molecule has 2 aliphatic heterocycles. The molecule has 2 bridgehead atoms. The summed E-state index contributed by atoms with van der Waals surface area (Å²) < 4.78 is 49.6. The maximum Gasteiger partial charge on any atom is 0.450 e. The van der Waals surface area contributed by atoms with Gasteiger partial charge in [0, 0.05) is 43.9 Å². The number of likely N-dealkylation sites (tertiary alicyclic amines) is 1. The summed E-state index contributed by atoms with van der Waals surface area (Å²) in [6, 6.07) is 15.5. The van der Waals surface area contributed by atoms with Gasteiger partial charge in [0.25, 0.3) is 5.56 Å². The first-order valence-corrected chi connectivity index (χ1v) is 12.1. The van der Waals surface area contributed by atoms with Crippen LogP contribution in [0.15, 0.2) is 74.7 Å². The number of benzene rings is 2. The molecule has 6 nitrogen and oxygen atoms in total. The van der Waals surface area contributed by atoms with Gasteiger partial charge in [-0.1, -0.05) is 36.4 Å². The van der Waals surface area contributed by atoms with Crippen LogP contribution in [0, 0.1) is 5.92 Å². The number of pyridine rings is 1. The standard InChI is InChI=1S/C28H23F3N2O4/c29-28(30,31)27-24(17-5-2-1-3-6-17)25(36)19-9-10-22(34)20(26(19)37-27)15-32-12-16-11-18(14-32)21-7-4-8-23(35)33(21)13-16/h1-10,16,18,34H,11-15H2/t16-,18+/m1/s1. The minimum atomic E-state index is -4.92. The molecule has 0 spiro atoms. The zero-order valence-electron chi connectivity index (χ0n) is 19.7. The summed E-state index contributed by atoms with van der Waals surface area (Å²) in [5.41, 5.74) is -0.457. The highest BCUT2D eigenvalue weighted by Crippen LogP contribution is 2.40. The predicted octanol–water partition coefficient (Wildman–Crippen LogP) is 4.97. The van der Waals surface area contributed by atoms with Gasteiger partial charge >= 0.3 is 6.18 Å². The molecule has 37 heavy (non-hydrogen) atoms. The fourth-order valence-electron chi connectivity index (χ4n) is 5.87. The largest absolute Gasteiger partial charge is 0.507 e. The highest BCUT2D eigenvalue weighted by molar-refractivity contribution is 5.86. The summed E-state index contributed by atoms with van der Waals surface area (Å²) in [6.45, 7) is 1.84. The van der Waals surface area contributed by atoms with Crippen molar-refractivity contribution in [3.8, 4) is 16.9 Å². The molecular formula is C28H23F3N2O4. The maximum absolute atomic E-state index is 14.1. The van der Waals surface area contributed by atoms with Crippen LogP contribution < -0.4 is 11.0 Å². The Morgan fingerprint density at radius 2 is 1.73 bits per heavy atom. The van der Waals surface area contributed by atoms with Crippen molar-refractivity contribution in [1.29, 1.82) is 0 Å². The summed E-state index contributed by atoms with van der Waals surface area (Å²) in [5, 5.41) is 10.7. The lowest BCUT2D eigenvalue weighted by atomic mass is 9.83. The number of aromatic hydroxyl groups is 1. The van der Waals surface area contributed by atoms with Gasteiger partial charge in [0.15, 0.2) is 0 Å². The number of phenols is 1. The van der Waals surface area contributed by atoms with Crippen molar-refractivity contribution in [2.45, 2.75) is 31.6 Å². The van der Waals surface area contributed by atoms with Crippen LogP contribution in [0.3, 0.4) is 0 Å². The first-order chi connectivity index (χ1) is 17.7. The third kappa shape index (κ3) is 4.03. The second-order valence-corrected chi connectivity index (χ2v) is 9.83. The Kier molecular flexibility index (Phi) is 5.49. The van der Waals surface area contributed by atoms with Gasteiger partial charge in [-0.05, 0) is 36.1 Å². The molecule has 2 aliphatic rings. The lowest BCUT2D eigenvalue weighted by Gasteiger charge is -2.42. The highest BCUT2D eigenvalue weighted by atomic mass is 19.4. The highest BCUT2D eigenvalue weighted by Gasteiger charge is 2.40. The van der Waals surface area contributed by atoms with E-state index in [1.165, 1.54) is 24.3 Å². The molecule has 2 atom stereocenters. The number of piperidine rings is 1. The minimum absolute atomic E-state index is 0.0197. The fourth-order valence-corrected chi connectivity index (χ4v) is 5.87. The van der Waals surface area contributed by atoms with Crippen molar-refractivity contribution in [1.82, 2.24) is 9.47 Å². The quantitative estimate of drug-likeness (QED) is 0.423. The molecule has 0 amide bonds. The van der Waals surface area contributed by atoms with Crippen molar-refractivity contribution >= 4 is 11.0 Å². The van der Waals surface area contributed by atoms with Crippen LogP contribution in [-0.4, -0.2) is 27.7 Å². The zero-order valence-corrected chi connectivity index (χ0v) is 19.7. The van der Waals surface area contributed by atoms with Crippen molar-refractivity contribution < 1.29 is 22.7 Å². The van der Waals surface area contributed by atoms with Crippen LogP contribution >= 0.6 is 0 Å². The predicted molar refractivity (Wildman–Crippen MR) is 131 cm³/mol. The molecule has 1 fully saturated rings. The number of fused-ring (bicyclic) bond motifs is 5. The van der Waals surface area contributed by atoms with Gasteiger partial charge in [0.2, 0.25) is 11.2 Å². The van der Waals surface area contributed by atoms with Gasteiger partial charge in [-0.3, -0.25) is 14.5 Å². The van der Waals surface area contributed by atoms with E-state index in [-0.39, 0.29) is 51.8 Å². The lowest BCUT2D eigenvalue weighted by molar-refractivity contribution is -0.152. The van der Waals surface area contributed by atoms with E-state index in [1.807, 2.05) is 11.0 Å². The smallest absolute Gasteiger partial charge is 0.450 e. The first kappa shape index (κ1) is 23.5. The van der Waals surface area contributed by atoms with Crippen LogP contribution in [-0.2, 0) is 19.3 Å². The Morgan fingerprint density at radius 1 is 0.946 bits per heavy atom. The number of aromatic nitrogens is 1. The Balaban J connectivity index is 1.44. The Morgan fingerprint density at radius 3 is 2.49 bits per heavy atom. The third-order valence-corrected chi connectivity index (χ3v) is 7.40. The SMILES string of the molecule is O=c1c(-c2ccccc2)c(C(F)(F)F)oc2c(CN3C[C@H]4C[C@@H](C3)c3cccc(=O)n3C4)c(O)ccc12. The van der Waals surface area contributed by atoms with Crippen LogP contribution in [0.1, 0.15) is 29.4 Å². The zero-order chi connectivity index (χ0) is 25.9. The van der Waals surface area contributed by atoms with Crippen LogP contribution in [0.25, 0.3) is 22.1 Å². The van der Waals surface area contributed by atoms with Gasteiger partial charge in [0.1, 0.15) is 11.3 Å².